The zero-order chi connectivity index (χ0) is 13.8. The van der Waals surface area contributed by atoms with Crippen molar-refractivity contribution in [2.45, 2.75) is 26.7 Å². The number of hydrogen-bond acceptors (Lipinski definition) is 3. The van der Waals surface area contributed by atoms with Crippen LogP contribution in [0.4, 0.5) is 11.5 Å². The van der Waals surface area contributed by atoms with E-state index in [2.05, 4.69) is 38.1 Å². The molecule has 0 unspecified atom stereocenters. The van der Waals surface area contributed by atoms with E-state index in [1.165, 1.54) is 0 Å². The summed E-state index contributed by atoms with van der Waals surface area (Å²) in [6.45, 7) is 4.09. The quantitative estimate of drug-likeness (QED) is 0.805. The third-order valence-electron chi connectivity index (χ3n) is 2.66. The Bertz CT molecular complexity index is 587. The second-order valence-electron chi connectivity index (χ2n) is 4.33. The highest BCUT2D eigenvalue weighted by atomic mass is 79.9. The molecule has 0 fully saturated rings. The normalized spacial score (nSPS) is 10.5. The maximum atomic E-state index is 6.11. The first-order valence-corrected chi connectivity index (χ1v) is 7.32. The molecule has 2 aromatic rings. The van der Waals surface area contributed by atoms with Crippen LogP contribution in [0.15, 0.2) is 28.9 Å². The van der Waals surface area contributed by atoms with Crippen LogP contribution in [0.3, 0.4) is 0 Å². The molecular formula is C14H15BrClN3. The van der Waals surface area contributed by atoms with Gasteiger partial charge in [0.1, 0.15) is 16.2 Å². The molecule has 0 aliphatic heterocycles. The summed E-state index contributed by atoms with van der Waals surface area (Å²) in [5.41, 5.74) is 1.98. The summed E-state index contributed by atoms with van der Waals surface area (Å²) in [4.78, 5) is 8.81. The molecule has 0 aliphatic carbocycles. The minimum absolute atomic E-state index is 0.743. The number of anilines is 2. The van der Waals surface area contributed by atoms with E-state index in [-0.39, 0.29) is 0 Å². The second kappa shape index (κ2) is 6.35. The smallest absolute Gasteiger partial charge is 0.135 e. The van der Waals surface area contributed by atoms with Gasteiger partial charge in [0.25, 0.3) is 0 Å². The first-order chi connectivity index (χ1) is 9.08. The van der Waals surface area contributed by atoms with Gasteiger partial charge in [-0.3, -0.25) is 0 Å². The lowest BCUT2D eigenvalue weighted by atomic mass is 10.2. The zero-order valence-corrected chi connectivity index (χ0v) is 13.2. The average molecular weight is 341 g/mol. The van der Waals surface area contributed by atoms with Gasteiger partial charge in [0, 0.05) is 23.2 Å². The number of nitrogens with zero attached hydrogens (tertiary/aromatic N) is 2. The molecule has 0 bridgehead atoms. The number of aryl methyl sites for hydroxylation is 2. The predicted octanol–water partition coefficient (Wildman–Crippen LogP) is 4.90. The van der Waals surface area contributed by atoms with Gasteiger partial charge >= 0.3 is 0 Å². The van der Waals surface area contributed by atoms with Crippen LogP contribution in [0, 0.1) is 6.92 Å². The summed E-state index contributed by atoms with van der Waals surface area (Å²) in [7, 11) is 0. The molecule has 0 aliphatic rings. The lowest BCUT2D eigenvalue weighted by molar-refractivity contribution is 0.831. The van der Waals surface area contributed by atoms with Crippen molar-refractivity contribution in [2.75, 3.05) is 5.32 Å². The third kappa shape index (κ3) is 3.91. The van der Waals surface area contributed by atoms with Crippen molar-refractivity contribution in [1.29, 1.82) is 0 Å². The molecule has 1 heterocycles. The Morgan fingerprint density at radius 1 is 1.26 bits per heavy atom. The molecular weight excluding hydrogens is 326 g/mol. The van der Waals surface area contributed by atoms with Crippen LogP contribution in [0.25, 0.3) is 0 Å². The molecule has 2 rings (SSSR count). The van der Waals surface area contributed by atoms with Gasteiger partial charge < -0.3 is 5.32 Å². The van der Waals surface area contributed by atoms with Gasteiger partial charge in [0.2, 0.25) is 0 Å². The van der Waals surface area contributed by atoms with Gasteiger partial charge in [-0.15, -0.1) is 0 Å². The molecule has 0 spiro atoms. The van der Waals surface area contributed by atoms with E-state index in [9.17, 15) is 0 Å². The second-order valence-corrected chi connectivity index (χ2v) is 5.55. The molecule has 5 heteroatoms. The number of benzene rings is 1. The van der Waals surface area contributed by atoms with E-state index in [4.69, 9.17) is 11.6 Å². The van der Waals surface area contributed by atoms with E-state index >= 15 is 0 Å². The molecule has 1 aromatic heterocycles. The monoisotopic (exact) mass is 339 g/mol. The van der Waals surface area contributed by atoms with Crippen molar-refractivity contribution < 1.29 is 0 Å². The van der Waals surface area contributed by atoms with E-state index in [1.807, 2.05) is 31.2 Å². The molecule has 3 nitrogen and oxygen atoms in total. The molecule has 100 valence electrons. The number of halogens is 2. The Morgan fingerprint density at radius 3 is 2.74 bits per heavy atom. The fourth-order valence-corrected chi connectivity index (χ4v) is 2.28. The standard InChI is InChI=1S/C14H15BrClN3/c1-3-4-13-18-12(15)8-14(19-13)17-10-6-5-9(2)11(16)7-10/h5-8H,3-4H2,1-2H3,(H,17,18,19). The van der Waals surface area contributed by atoms with Crippen LogP contribution in [-0.4, -0.2) is 9.97 Å². The Hall–Kier alpha value is -1.13. The van der Waals surface area contributed by atoms with Crippen molar-refractivity contribution in [2.24, 2.45) is 0 Å². The maximum absolute atomic E-state index is 6.11. The van der Waals surface area contributed by atoms with Gasteiger partial charge in [-0.1, -0.05) is 24.6 Å². The van der Waals surface area contributed by atoms with Gasteiger partial charge in [-0.05, 0) is 47.0 Å². The summed E-state index contributed by atoms with van der Waals surface area (Å²) in [6, 6.07) is 7.71. The van der Waals surface area contributed by atoms with Gasteiger partial charge in [-0.2, -0.15) is 0 Å². The van der Waals surface area contributed by atoms with E-state index < -0.39 is 0 Å². The fourth-order valence-electron chi connectivity index (χ4n) is 1.68. The molecule has 1 aromatic carbocycles. The topological polar surface area (TPSA) is 37.8 Å². The highest BCUT2D eigenvalue weighted by molar-refractivity contribution is 9.10. The highest BCUT2D eigenvalue weighted by Crippen LogP contribution is 2.23. The largest absolute Gasteiger partial charge is 0.340 e. The summed E-state index contributed by atoms with van der Waals surface area (Å²) in [5, 5.41) is 3.99. The summed E-state index contributed by atoms with van der Waals surface area (Å²) in [6.07, 6.45) is 1.88. The van der Waals surface area contributed by atoms with Crippen LogP contribution in [0.2, 0.25) is 5.02 Å². The minimum atomic E-state index is 0.743. The Kier molecular flexibility index (Phi) is 4.77. The fraction of sp³-hybridized carbons (Fsp3) is 0.286. The number of rotatable bonds is 4. The lowest BCUT2D eigenvalue weighted by Crippen LogP contribution is -2.00. The van der Waals surface area contributed by atoms with Crippen molar-refractivity contribution in [3.8, 4) is 0 Å². The van der Waals surface area contributed by atoms with Crippen molar-refractivity contribution in [3.05, 3.63) is 45.3 Å². The molecule has 0 amide bonds. The van der Waals surface area contributed by atoms with Gasteiger partial charge in [0.05, 0.1) is 0 Å². The van der Waals surface area contributed by atoms with Crippen LogP contribution in [0.5, 0.6) is 0 Å². The number of hydrogen-bond donors (Lipinski definition) is 1. The van der Waals surface area contributed by atoms with E-state index in [1.54, 1.807) is 0 Å². The summed E-state index contributed by atoms with van der Waals surface area (Å²) < 4.78 is 0.784. The highest BCUT2D eigenvalue weighted by Gasteiger charge is 2.04. The summed E-state index contributed by atoms with van der Waals surface area (Å²) >= 11 is 9.52. The van der Waals surface area contributed by atoms with Crippen LogP contribution >= 0.6 is 27.5 Å². The van der Waals surface area contributed by atoms with Crippen LogP contribution < -0.4 is 5.32 Å². The lowest BCUT2D eigenvalue weighted by Gasteiger charge is -2.09. The predicted molar refractivity (Wildman–Crippen MR) is 83.2 cm³/mol. The van der Waals surface area contributed by atoms with Crippen LogP contribution in [-0.2, 0) is 6.42 Å². The zero-order valence-electron chi connectivity index (χ0n) is 10.9. The van der Waals surface area contributed by atoms with Gasteiger partial charge in [-0.25, -0.2) is 9.97 Å². The number of aromatic nitrogens is 2. The number of nitrogens with one attached hydrogen (secondary N) is 1. The molecule has 0 saturated carbocycles. The SMILES string of the molecule is CCCc1nc(Br)cc(Nc2ccc(C)c(Cl)c2)n1. The van der Waals surface area contributed by atoms with Crippen molar-refractivity contribution >= 4 is 39.0 Å². The summed E-state index contributed by atoms with van der Waals surface area (Å²) in [5.74, 6) is 1.60. The van der Waals surface area contributed by atoms with Crippen LogP contribution in [0.1, 0.15) is 24.7 Å². The van der Waals surface area contributed by atoms with Crippen molar-refractivity contribution in [1.82, 2.24) is 9.97 Å². The van der Waals surface area contributed by atoms with E-state index in [0.717, 1.165) is 45.4 Å². The average Bonchev–Trinajstić information content (AvgIpc) is 2.33. The first-order valence-electron chi connectivity index (χ1n) is 6.15. The molecule has 1 N–H and O–H groups in total. The minimum Gasteiger partial charge on any atom is -0.340 e. The van der Waals surface area contributed by atoms with Gasteiger partial charge in [0.15, 0.2) is 0 Å². The maximum Gasteiger partial charge on any atom is 0.135 e. The molecule has 0 radical (unpaired) electrons. The van der Waals surface area contributed by atoms with Crippen molar-refractivity contribution in [3.63, 3.8) is 0 Å². The Labute approximate surface area is 126 Å². The Balaban J connectivity index is 2.24. The molecule has 0 saturated heterocycles. The first kappa shape index (κ1) is 14.3. The third-order valence-corrected chi connectivity index (χ3v) is 3.47. The molecule has 19 heavy (non-hydrogen) atoms. The molecule has 0 atom stereocenters. The Morgan fingerprint density at radius 2 is 2.05 bits per heavy atom. The van der Waals surface area contributed by atoms with E-state index in [0.29, 0.717) is 0 Å².